The van der Waals surface area contributed by atoms with Crippen molar-refractivity contribution in [1.82, 2.24) is 9.97 Å². The summed E-state index contributed by atoms with van der Waals surface area (Å²) >= 11 is 0. The molecule has 26 heavy (non-hydrogen) atoms. The van der Waals surface area contributed by atoms with E-state index in [0.717, 1.165) is 16.5 Å². The molecule has 0 bridgehead atoms. The zero-order chi connectivity index (χ0) is 18.5. The largest absolute Gasteiger partial charge is 0.497 e. The number of benzene rings is 2. The first-order chi connectivity index (χ1) is 12.6. The molecule has 0 saturated carbocycles. The highest BCUT2D eigenvalue weighted by Crippen LogP contribution is 2.33. The van der Waals surface area contributed by atoms with E-state index in [1.54, 1.807) is 20.3 Å². The zero-order valence-electron chi connectivity index (χ0n) is 14.5. The summed E-state index contributed by atoms with van der Waals surface area (Å²) in [5, 5.41) is 4.12. The number of hydrogen-bond donors (Lipinski definition) is 3. The fourth-order valence-electron chi connectivity index (χ4n) is 2.64. The van der Waals surface area contributed by atoms with Crippen molar-refractivity contribution in [2.75, 3.05) is 19.5 Å². The van der Waals surface area contributed by atoms with Gasteiger partial charge in [-0.1, -0.05) is 24.3 Å². The highest BCUT2D eigenvalue weighted by Gasteiger charge is 2.11. The molecular weight excluding hydrogens is 353 g/mol. The average molecular weight is 373 g/mol. The van der Waals surface area contributed by atoms with Gasteiger partial charge in [0.05, 0.1) is 19.6 Å². The van der Waals surface area contributed by atoms with Crippen molar-refractivity contribution in [3.05, 3.63) is 53.9 Å². The lowest BCUT2D eigenvalue weighted by Crippen LogP contribution is -2.03. The number of anilines is 1. The molecule has 3 aromatic rings. The number of nitrogens with one attached hydrogen (secondary N) is 1. The average Bonchev–Trinajstić information content (AvgIpc) is 2.66. The quantitative estimate of drug-likeness (QED) is 0.548. The molecule has 0 aliphatic carbocycles. The van der Waals surface area contributed by atoms with Gasteiger partial charge in [0, 0.05) is 18.8 Å². The summed E-state index contributed by atoms with van der Waals surface area (Å²) in [5.74, 6) is 1.98. The molecule has 0 aliphatic rings. The second kappa shape index (κ2) is 8.27. The molecule has 0 fully saturated rings. The van der Waals surface area contributed by atoms with Crippen LogP contribution in [-0.4, -0.2) is 34.0 Å². The normalized spacial score (nSPS) is 11.0. The molecule has 0 radical (unpaired) electrons. The van der Waals surface area contributed by atoms with Crippen molar-refractivity contribution in [3.8, 4) is 11.5 Å². The summed E-state index contributed by atoms with van der Waals surface area (Å²) in [6, 6.07) is 11.3. The molecule has 3 N–H and O–H groups in total. The van der Waals surface area contributed by atoms with Gasteiger partial charge in [0.2, 0.25) is 0 Å². The first-order valence-electron chi connectivity index (χ1n) is 7.94. The molecule has 3 rings (SSSR count). The van der Waals surface area contributed by atoms with E-state index in [-0.39, 0.29) is 6.16 Å². The second-order valence-corrected chi connectivity index (χ2v) is 6.71. The lowest BCUT2D eigenvalue weighted by molar-refractivity contribution is 0.397. The fraction of sp³-hybridized carbons (Fsp3) is 0.222. The first-order valence-corrected chi connectivity index (χ1v) is 9.37. The molecule has 0 unspecified atom stereocenters. The summed E-state index contributed by atoms with van der Waals surface area (Å²) in [5.41, 5.74) is 2.66. The molecule has 0 aliphatic heterocycles. The van der Waals surface area contributed by atoms with Crippen LogP contribution in [0, 0.1) is 0 Å². The van der Waals surface area contributed by atoms with E-state index in [1.807, 2.05) is 30.3 Å². The number of aromatic nitrogens is 2. The third kappa shape index (κ3) is 4.19. The number of hydrogen-bond acceptors (Lipinski definition) is 7. The van der Waals surface area contributed by atoms with E-state index in [9.17, 15) is 0 Å². The molecule has 0 saturated heterocycles. The summed E-state index contributed by atoms with van der Waals surface area (Å²) in [4.78, 5) is 26.8. The molecular formula is C18H20N3O4P. The molecule has 0 spiro atoms. The third-order valence-electron chi connectivity index (χ3n) is 3.94. The minimum Gasteiger partial charge on any atom is -0.497 e. The number of nitrogens with zero attached hydrogens (tertiary/aromatic N) is 2. The Hall–Kier alpha value is -2.47. The molecule has 7 nitrogen and oxygen atoms in total. The van der Waals surface area contributed by atoms with Gasteiger partial charge in [-0.25, -0.2) is 9.97 Å². The van der Waals surface area contributed by atoms with Crippen molar-refractivity contribution in [2.24, 2.45) is 0 Å². The molecule has 0 amide bonds. The van der Waals surface area contributed by atoms with Crippen molar-refractivity contribution in [3.63, 3.8) is 0 Å². The molecule has 1 aromatic heterocycles. The van der Waals surface area contributed by atoms with Crippen LogP contribution in [0.25, 0.3) is 10.9 Å². The van der Waals surface area contributed by atoms with E-state index in [4.69, 9.17) is 19.3 Å². The Morgan fingerprint density at radius 3 is 2.38 bits per heavy atom. The van der Waals surface area contributed by atoms with Crippen LogP contribution in [0.15, 0.2) is 42.7 Å². The molecule has 0 atom stereocenters. The maximum atomic E-state index is 9.09. The van der Waals surface area contributed by atoms with Crippen LogP contribution in [0.5, 0.6) is 11.5 Å². The van der Waals surface area contributed by atoms with Gasteiger partial charge in [0.1, 0.15) is 29.2 Å². The van der Waals surface area contributed by atoms with Crippen molar-refractivity contribution >= 4 is 25.1 Å². The minimum atomic E-state index is -1.92. The van der Waals surface area contributed by atoms with Gasteiger partial charge >= 0.3 is 0 Å². The van der Waals surface area contributed by atoms with E-state index in [2.05, 4.69) is 15.3 Å². The van der Waals surface area contributed by atoms with Crippen LogP contribution in [-0.2, 0) is 12.7 Å². The number of ether oxygens (including phenoxy) is 2. The van der Waals surface area contributed by atoms with Crippen molar-refractivity contribution in [2.45, 2.75) is 12.7 Å². The standard InChI is InChI=1S/C18H20N3O4P/c1-24-14-7-15-17(16(8-14)25-2)20-11-21-18(15)19-9-12-3-5-13(6-4-12)10-26(22)23/h3-8,11,22-23H,9-10H2,1-2H3,(H,19,20,21). The highest BCUT2D eigenvalue weighted by molar-refractivity contribution is 7.44. The van der Waals surface area contributed by atoms with E-state index in [1.165, 1.54) is 6.33 Å². The topological polar surface area (TPSA) is 96.7 Å². The third-order valence-corrected chi connectivity index (χ3v) is 4.59. The Kier molecular flexibility index (Phi) is 5.83. The van der Waals surface area contributed by atoms with Gasteiger partial charge in [-0.2, -0.15) is 0 Å². The van der Waals surface area contributed by atoms with Gasteiger partial charge in [0.25, 0.3) is 0 Å². The Labute approximate surface area is 152 Å². The molecule has 2 aromatic carbocycles. The highest BCUT2D eigenvalue weighted by atomic mass is 31.2. The molecule has 136 valence electrons. The van der Waals surface area contributed by atoms with E-state index < -0.39 is 8.38 Å². The lowest BCUT2D eigenvalue weighted by atomic mass is 10.1. The maximum absolute atomic E-state index is 9.09. The Morgan fingerprint density at radius 2 is 1.73 bits per heavy atom. The monoisotopic (exact) mass is 373 g/mol. The van der Waals surface area contributed by atoms with Crippen molar-refractivity contribution < 1.29 is 19.3 Å². The predicted molar refractivity (Wildman–Crippen MR) is 101 cm³/mol. The van der Waals surface area contributed by atoms with Crippen LogP contribution in [0.4, 0.5) is 5.82 Å². The van der Waals surface area contributed by atoms with Gasteiger partial charge in [0.15, 0.2) is 8.38 Å². The minimum absolute atomic E-state index is 0.277. The van der Waals surface area contributed by atoms with Crippen molar-refractivity contribution in [1.29, 1.82) is 0 Å². The van der Waals surface area contributed by atoms with Crippen LogP contribution in [0.1, 0.15) is 11.1 Å². The Bertz CT molecular complexity index is 887. The second-order valence-electron chi connectivity index (χ2n) is 5.65. The van der Waals surface area contributed by atoms with E-state index in [0.29, 0.717) is 29.4 Å². The smallest absolute Gasteiger partial charge is 0.169 e. The predicted octanol–water partition coefficient (Wildman–Crippen LogP) is 3.06. The summed E-state index contributed by atoms with van der Waals surface area (Å²) in [6.45, 7) is 0.568. The molecule has 1 heterocycles. The van der Waals surface area contributed by atoms with Gasteiger partial charge < -0.3 is 24.6 Å². The van der Waals surface area contributed by atoms with Crippen LogP contribution in [0.2, 0.25) is 0 Å². The maximum Gasteiger partial charge on any atom is 0.169 e. The number of rotatable bonds is 7. The fourth-order valence-corrected chi connectivity index (χ4v) is 3.17. The first kappa shape index (κ1) is 18.3. The van der Waals surface area contributed by atoms with E-state index >= 15 is 0 Å². The van der Waals surface area contributed by atoms with Gasteiger partial charge in [-0.05, 0) is 17.2 Å². The SMILES string of the molecule is COc1cc(OC)c2ncnc(NCc3ccc(CP(O)O)cc3)c2c1. The van der Waals surface area contributed by atoms with Crippen LogP contribution < -0.4 is 14.8 Å². The van der Waals surface area contributed by atoms with Gasteiger partial charge in [-0.3, -0.25) is 0 Å². The molecule has 8 heteroatoms. The summed E-state index contributed by atoms with van der Waals surface area (Å²) < 4.78 is 10.7. The van der Waals surface area contributed by atoms with Gasteiger partial charge in [-0.15, -0.1) is 0 Å². The van der Waals surface area contributed by atoms with Crippen LogP contribution >= 0.6 is 8.38 Å². The summed E-state index contributed by atoms with van der Waals surface area (Å²) in [7, 11) is 1.28. The summed E-state index contributed by atoms with van der Waals surface area (Å²) in [6.07, 6.45) is 1.77. The lowest BCUT2D eigenvalue weighted by Gasteiger charge is -2.12. The Balaban J connectivity index is 1.82. The number of methoxy groups -OCH3 is 2. The zero-order valence-corrected chi connectivity index (χ0v) is 15.4. The number of fused-ring (bicyclic) bond motifs is 1. The Morgan fingerprint density at radius 1 is 1.00 bits per heavy atom. The van der Waals surface area contributed by atoms with Crippen LogP contribution in [0.3, 0.4) is 0 Å².